The Labute approximate surface area is 200 Å². The first-order valence-corrected chi connectivity index (χ1v) is 10.8. The highest BCUT2D eigenvalue weighted by Gasteiger charge is 2.25. The van der Waals surface area contributed by atoms with Crippen molar-refractivity contribution in [3.05, 3.63) is 71.1 Å². The Kier molecular flexibility index (Phi) is 6.12. The summed E-state index contributed by atoms with van der Waals surface area (Å²) in [6, 6.07) is 10.6. The molecule has 0 fully saturated rings. The zero-order chi connectivity index (χ0) is 24.6. The number of ketones is 1. The van der Waals surface area contributed by atoms with Crippen LogP contribution < -0.4 is 21.1 Å². The van der Waals surface area contributed by atoms with Crippen molar-refractivity contribution < 1.29 is 14.3 Å². The minimum absolute atomic E-state index is 0.0417. The predicted molar refractivity (Wildman–Crippen MR) is 132 cm³/mol. The lowest BCUT2D eigenvalue weighted by Crippen LogP contribution is -2.31. The zero-order valence-corrected chi connectivity index (χ0v) is 19.6. The lowest BCUT2D eigenvalue weighted by Gasteiger charge is -2.23. The Hall–Kier alpha value is -4.11. The van der Waals surface area contributed by atoms with Crippen molar-refractivity contribution in [2.24, 2.45) is 5.73 Å². The molecule has 0 aliphatic carbocycles. The molecule has 2 aromatic heterocycles. The number of primary amides is 1. The van der Waals surface area contributed by atoms with Gasteiger partial charge in [0, 0.05) is 22.8 Å². The predicted octanol–water partition coefficient (Wildman–Crippen LogP) is 4.70. The smallest absolute Gasteiger partial charge is 0.324 e. The monoisotopic (exact) mass is 478 g/mol. The van der Waals surface area contributed by atoms with Gasteiger partial charge in [0.2, 0.25) is 0 Å². The molecule has 0 bridgehead atoms. The minimum Gasteiger partial charge on any atom is -0.495 e. The number of fused-ring (bicyclic) bond motifs is 1. The van der Waals surface area contributed by atoms with Crippen molar-refractivity contribution >= 4 is 51.6 Å². The quantitative estimate of drug-likeness (QED) is 0.386. The molecule has 0 atom stereocenters. The maximum Gasteiger partial charge on any atom is 0.324 e. The van der Waals surface area contributed by atoms with Crippen molar-refractivity contribution in [3.8, 4) is 5.75 Å². The molecule has 0 spiro atoms. The van der Waals surface area contributed by atoms with Gasteiger partial charge < -0.3 is 20.8 Å². The number of methoxy groups -OCH3 is 1. The topological polar surface area (TPSA) is 129 Å². The number of carbonyl (C=O) groups excluding carboxylic acids is 2. The third kappa shape index (κ3) is 4.01. The van der Waals surface area contributed by atoms with E-state index >= 15 is 0 Å². The van der Waals surface area contributed by atoms with Gasteiger partial charge in [0.05, 0.1) is 29.4 Å². The van der Waals surface area contributed by atoms with E-state index in [1.165, 1.54) is 18.3 Å². The van der Waals surface area contributed by atoms with Gasteiger partial charge in [-0.1, -0.05) is 11.6 Å². The molecule has 0 aliphatic rings. The van der Waals surface area contributed by atoms with E-state index in [0.717, 1.165) is 0 Å². The van der Waals surface area contributed by atoms with Crippen LogP contribution in [0.3, 0.4) is 0 Å². The fraction of sp³-hybridized carbons (Fsp3) is 0.167. The molecule has 9 nitrogen and oxygen atoms in total. The maximum absolute atomic E-state index is 13.7. The van der Waals surface area contributed by atoms with Crippen molar-refractivity contribution in [2.45, 2.75) is 19.9 Å². The fourth-order valence-electron chi connectivity index (χ4n) is 3.81. The number of hydrogen-bond acceptors (Lipinski definition) is 6. The van der Waals surface area contributed by atoms with Crippen LogP contribution in [-0.4, -0.2) is 33.5 Å². The molecule has 174 valence electrons. The van der Waals surface area contributed by atoms with E-state index in [9.17, 15) is 9.59 Å². The molecule has 2 amide bonds. The Morgan fingerprint density at radius 1 is 1.12 bits per heavy atom. The van der Waals surface area contributed by atoms with Crippen molar-refractivity contribution in [1.29, 1.82) is 0 Å². The summed E-state index contributed by atoms with van der Waals surface area (Å²) in [4.78, 5) is 35.7. The highest BCUT2D eigenvalue weighted by atomic mass is 35.5. The van der Waals surface area contributed by atoms with Crippen LogP contribution in [0.25, 0.3) is 11.0 Å². The molecule has 0 saturated carbocycles. The molecule has 10 heteroatoms. The van der Waals surface area contributed by atoms with Crippen LogP contribution in [0.1, 0.15) is 35.8 Å². The zero-order valence-electron chi connectivity index (χ0n) is 18.8. The lowest BCUT2D eigenvalue weighted by molar-refractivity contribution is 0.104. The van der Waals surface area contributed by atoms with Gasteiger partial charge in [0.1, 0.15) is 23.5 Å². The van der Waals surface area contributed by atoms with Crippen molar-refractivity contribution in [1.82, 2.24) is 14.5 Å². The van der Waals surface area contributed by atoms with Crippen LogP contribution in [0.15, 0.2) is 55.0 Å². The van der Waals surface area contributed by atoms with Crippen LogP contribution in [0.2, 0.25) is 5.02 Å². The number of amides is 2. The van der Waals surface area contributed by atoms with E-state index in [4.69, 9.17) is 27.8 Å². The molecule has 0 aliphatic heterocycles. The molecule has 0 unspecified atom stereocenters. The lowest BCUT2D eigenvalue weighted by atomic mass is 10.0. The average Bonchev–Trinajstić information content (AvgIpc) is 3.21. The molecule has 0 radical (unpaired) electrons. The van der Waals surface area contributed by atoms with Crippen molar-refractivity contribution in [2.75, 3.05) is 17.7 Å². The molecule has 2 heterocycles. The summed E-state index contributed by atoms with van der Waals surface area (Å²) in [6.07, 6.45) is 3.09. The number of anilines is 3. The van der Waals surface area contributed by atoms with Gasteiger partial charge >= 0.3 is 6.03 Å². The third-order valence-electron chi connectivity index (χ3n) is 5.43. The standard InChI is InChI=1S/C24H23ClN6O3/c1-13(2)30-11-17(20-22(26)28-12-29-23(20)30)21(32)14-4-9-19(34-3)18(10-14)31(24(27)33)16-7-5-15(25)6-8-16/h4-13H,1-3H3,(H2,27,33)(H2,26,28,29). The molecular weight excluding hydrogens is 456 g/mol. The second-order valence-corrected chi connectivity index (χ2v) is 8.30. The Balaban J connectivity index is 1.88. The van der Waals surface area contributed by atoms with Crippen molar-refractivity contribution in [3.63, 3.8) is 0 Å². The van der Waals surface area contributed by atoms with Crippen LogP contribution >= 0.6 is 11.6 Å². The number of nitrogen functional groups attached to an aromatic ring is 1. The number of ether oxygens (including phenoxy) is 1. The summed E-state index contributed by atoms with van der Waals surface area (Å²) in [7, 11) is 1.47. The van der Waals surface area contributed by atoms with E-state index in [2.05, 4.69) is 9.97 Å². The Morgan fingerprint density at radius 3 is 2.44 bits per heavy atom. The summed E-state index contributed by atoms with van der Waals surface area (Å²) in [5, 5.41) is 0.980. The van der Waals surface area contributed by atoms with E-state index in [1.807, 2.05) is 18.4 Å². The number of nitrogens with zero attached hydrogens (tertiary/aromatic N) is 4. The fourth-order valence-corrected chi connectivity index (χ4v) is 3.94. The van der Waals surface area contributed by atoms with Crippen LogP contribution in [0.5, 0.6) is 5.75 Å². The summed E-state index contributed by atoms with van der Waals surface area (Å²) >= 11 is 5.99. The first kappa shape index (κ1) is 23.1. The largest absolute Gasteiger partial charge is 0.495 e. The van der Waals surface area contributed by atoms with Crippen LogP contribution in [0.4, 0.5) is 22.0 Å². The first-order valence-electron chi connectivity index (χ1n) is 10.4. The van der Waals surface area contributed by atoms with Gasteiger partial charge in [-0.2, -0.15) is 0 Å². The minimum atomic E-state index is -0.751. The van der Waals surface area contributed by atoms with Gasteiger partial charge in [0.25, 0.3) is 0 Å². The number of benzene rings is 2. The van der Waals surface area contributed by atoms with E-state index in [0.29, 0.717) is 44.3 Å². The normalized spacial score (nSPS) is 11.1. The van der Waals surface area contributed by atoms with E-state index < -0.39 is 6.03 Å². The molecule has 34 heavy (non-hydrogen) atoms. The number of nitrogens with two attached hydrogens (primary N) is 2. The van der Waals surface area contributed by atoms with E-state index in [1.54, 1.807) is 48.7 Å². The van der Waals surface area contributed by atoms with Gasteiger partial charge in [-0.15, -0.1) is 0 Å². The number of urea groups is 1. The van der Waals surface area contributed by atoms with Crippen LogP contribution in [-0.2, 0) is 0 Å². The van der Waals surface area contributed by atoms with Gasteiger partial charge in [-0.3, -0.25) is 9.69 Å². The maximum atomic E-state index is 13.7. The SMILES string of the molecule is COc1ccc(C(=O)c2cn(C(C)C)c3ncnc(N)c23)cc1N(C(N)=O)c1ccc(Cl)cc1. The Bertz CT molecular complexity index is 1400. The number of hydrogen-bond donors (Lipinski definition) is 2. The molecule has 4 rings (SSSR count). The Morgan fingerprint density at radius 2 is 1.82 bits per heavy atom. The molecule has 4 N–H and O–H groups in total. The second kappa shape index (κ2) is 9.03. The second-order valence-electron chi connectivity index (χ2n) is 7.87. The number of halogens is 1. The molecule has 0 saturated heterocycles. The van der Waals surface area contributed by atoms with Gasteiger partial charge in [-0.25, -0.2) is 14.8 Å². The number of aromatic nitrogens is 3. The summed E-state index contributed by atoms with van der Waals surface area (Å²) < 4.78 is 7.33. The van der Waals surface area contributed by atoms with Crippen LogP contribution in [0, 0.1) is 0 Å². The third-order valence-corrected chi connectivity index (χ3v) is 5.68. The highest BCUT2D eigenvalue weighted by Crippen LogP contribution is 2.36. The molecule has 2 aromatic carbocycles. The number of rotatable bonds is 6. The highest BCUT2D eigenvalue weighted by molar-refractivity contribution is 6.30. The summed E-state index contributed by atoms with van der Waals surface area (Å²) in [5.74, 6) is 0.259. The molecule has 4 aromatic rings. The summed E-state index contributed by atoms with van der Waals surface area (Å²) in [5.41, 5.74) is 13.8. The van der Waals surface area contributed by atoms with Gasteiger partial charge in [0.15, 0.2) is 5.78 Å². The van der Waals surface area contributed by atoms with E-state index in [-0.39, 0.29) is 17.6 Å². The summed E-state index contributed by atoms with van der Waals surface area (Å²) in [6.45, 7) is 3.96. The average molecular weight is 479 g/mol. The number of carbonyl (C=O) groups is 2. The molecular formula is C24H23ClN6O3. The first-order chi connectivity index (χ1) is 16.2. The van der Waals surface area contributed by atoms with Gasteiger partial charge in [-0.05, 0) is 56.3 Å².